The summed E-state index contributed by atoms with van der Waals surface area (Å²) in [6.07, 6.45) is -1.38. The fraction of sp³-hybridized carbons (Fsp3) is 0.217. The van der Waals surface area contributed by atoms with Crippen LogP contribution in [0.4, 0.5) is 13.2 Å². The van der Waals surface area contributed by atoms with E-state index in [1.165, 1.54) is 38.5 Å². The van der Waals surface area contributed by atoms with Gasteiger partial charge in [0.2, 0.25) is 5.82 Å². The molecule has 2 aromatic carbocycles. The normalized spacial score (nSPS) is 12.3. The van der Waals surface area contributed by atoms with Gasteiger partial charge in [-0.2, -0.15) is 18.2 Å². The molecule has 0 radical (unpaired) electrons. The lowest BCUT2D eigenvalue weighted by molar-refractivity contribution is -0.159. The van der Waals surface area contributed by atoms with Crippen LogP contribution in [0.3, 0.4) is 0 Å². The second-order valence-electron chi connectivity index (χ2n) is 7.45. The first-order chi connectivity index (χ1) is 16.7. The summed E-state index contributed by atoms with van der Waals surface area (Å²) in [5.74, 6) is -0.474. The number of methoxy groups -OCH3 is 2. The number of aromatic nitrogens is 4. The quantitative estimate of drug-likeness (QED) is 0.420. The number of rotatable bonds is 7. The van der Waals surface area contributed by atoms with E-state index in [2.05, 4.69) is 25.0 Å². The Labute approximate surface area is 197 Å². The highest BCUT2D eigenvalue weighted by molar-refractivity contribution is 5.95. The Morgan fingerprint density at radius 2 is 1.74 bits per heavy atom. The Kier molecular flexibility index (Phi) is 6.45. The Hall–Kier alpha value is -4.35. The molecule has 1 N–H and O–H groups in total. The number of amides is 1. The van der Waals surface area contributed by atoms with Crippen molar-refractivity contribution in [1.29, 1.82) is 0 Å². The Morgan fingerprint density at radius 1 is 1.09 bits per heavy atom. The van der Waals surface area contributed by atoms with Gasteiger partial charge >= 0.3 is 12.1 Å². The predicted octanol–water partition coefficient (Wildman–Crippen LogP) is 4.03. The van der Waals surface area contributed by atoms with Crippen molar-refractivity contribution in [3.8, 4) is 22.9 Å². The van der Waals surface area contributed by atoms with Crippen LogP contribution in [0.2, 0.25) is 0 Å². The molecule has 1 unspecified atom stereocenters. The van der Waals surface area contributed by atoms with Gasteiger partial charge in [-0.15, -0.1) is 0 Å². The summed E-state index contributed by atoms with van der Waals surface area (Å²) in [5.41, 5.74) is 1.20. The van der Waals surface area contributed by atoms with Gasteiger partial charge in [0.25, 0.3) is 5.91 Å². The van der Waals surface area contributed by atoms with Gasteiger partial charge in [0.15, 0.2) is 0 Å². The number of carbonyl (C=O) groups excluding carboxylic acids is 1. The zero-order chi connectivity index (χ0) is 25.2. The topological polar surface area (TPSA) is 104 Å². The molecule has 2 aromatic heterocycles. The third-order valence-electron chi connectivity index (χ3n) is 5.17. The second kappa shape index (κ2) is 9.49. The zero-order valence-electron chi connectivity index (χ0n) is 18.8. The van der Waals surface area contributed by atoms with Crippen molar-refractivity contribution < 1.29 is 32.0 Å². The molecule has 1 amide bonds. The SMILES string of the molecule is COc1cc(OC)cc(C(NC(=O)c2ccc(-c3noc(C(F)(F)F)n3)cc2)c2nccn2C)c1. The van der Waals surface area contributed by atoms with Crippen molar-refractivity contribution in [2.75, 3.05) is 14.2 Å². The minimum absolute atomic E-state index is 0.237. The van der Waals surface area contributed by atoms with Crippen molar-refractivity contribution in [3.05, 3.63) is 77.7 Å². The highest BCUT2D eigenvalue weighted by Crippen LogP contribution is 2.31. The van der Waals surface area contributed by atoms with Gasteiger partial charge in [0.05, 0.1) is 14.2 Å². The molecule has 35 heavy (non-hydrogen) atoms. The molecule has 4 rings (SSSR count). The van der Waals surface area contributed by atoms with E-state index < -0.39 is 24.0 Å². The first-order valence-electron chi connectivity index (χ1n) is 10.2. The third-order valence-corrected chi connectivity index (χ3v) is 5.17. The molecule has 0 aliphatic heterocycles. The fourth-order valence-electron chi connectivity index (χ4n) is 3.39. The van der Waals surface area contributed by atoms with Crippen molar-refractivity contribution in [2.45, 2.75) is 12.2 Å². The molecule has 9 nitrogen and oxygen atoms in total. The molecular weight excluding hydrogens is 467 g/mol. The monoisotopic (exact) mass is 487 g/mol. The molecule has 2 heterocycles. The zero-order valence-corrected chi connectivity index (χ0v) is 18.8. The molecule has 0 aliphatic carbocycles. The van der Waals surface area contributed by atoms with E-state index in [1.54, 1.807) is 42.2 Å². The van der Waals surface area contributed by atoms with E-state index in [0.29, 0.717) is 22.9 Å². The van der Waals surface area contributed by atoms with E-state index in [4.69, 9.17) is 9.47 Å². The predicted molar refractivity (Wildman–Crippen MR) is 117 cm³/mol. The summed E-state index contributed by atoms with van der Waals surface area (Å²) in [7, 11) is 4.85. The van der Waals surface area contributed by atoms with E-state index in [9.17, 15) is 18.0 Å². The molecule has 0 bridgehead atoms. The molecule has 0 saturated heterocycles. The van der Waals surface area contributed by atoms with Gasteiger partial charge in [-0.05, 0) is 29.8 Å². The maximum absolute atomic E-state index is 13.1. The molecule has 1 atom stereocenters. The van der Waals surface area contributed by atoms with Crippen molar-refractivity contribution in [2.24, 2.45) is 7.05 Å². The summed E-state index contributed by atoms with van der Waals surface area (Å²) < 4.78 is 54.9. The van der Waals surface area contributed by atoms with E-state index in [1.807, 2.05) is 0 Å². The molecule has 0 saturated carbocycles. The molecule has 0 aliphatic rings. The van der Waals surface area contributed by atoms with Crippen LogP contribution in [0.5, 0.6) is 11.5 Å². The Balaban J connectivity index is 1.61. The molecule has 12 heteroatoms. The van der Waals surface area contributed by atoms with E-state index in [-0.39, 0.29) is 17.0 Å². The summed E-state index contributed by atoms with van der Waals surface area (Å²) in [5, 5.41) is 6.30. The van der Waals surface area contributed by atoms with Gasteiger partial charge in [-0.3, -0.25) is 4.79 Å². The Morgan fingerprint density at radius 3 is 2.26 bits per heavy atom. The maximum atomic E-state index is 13.1. The first kappa shape index (κ1) is 23.8. The van der Waals surface area contributed by atoms with Crippen LogP contribution < -0.4 is 14.8 Å². The van der Waals surface area contributed by atoms with E-state index >= 15 is 0 Å². The number of carbonyl (C=O) groups is 1. The minimum Gasteiger partial charge on any atom is -0.497 e. The fourth-order valence-corrected chi connectivity index (χ4v) is 3.39. The summed E-state index contributed by atoms with van der Waals surface area (Å²) in [4.78, 5) is 20.8. The molecule has 182 valence electrons. The lowest BCUT2D eigenvalue weighted by Gasteiger charge is -2.20. The van der Waals surface area contributed by atoms with Gasteiger partial charge in [0, 0.05) is 36.6 Å². The minimum atomic E-state index is -4.74. The Bertz CT molecular complexity index is 1310. The molecular formula is C23H20F3N5O4. The number of alkyl halides is 3. The number of nitrogens with zero attached hydrogens (tertiary/aromatic N) is 4. The average Bonchev–Trinajstić information content (AvgIpc) is 3.51. The number of benzene rings is 2. The largest absolute Gasteiger partial charge is 0.497 e. The number of hydrogen-bond acceptors (Lipinski definition) is 7. The van der Waals surface area contributed by atoms with Crippen molar-refractivity contribution >= 4 is 5.91 Å². The van der Waals surface area contributed by atoms with Gasteiger partial charge in [0.1, 0.15) is 23.4 Å². The van der Waals surface area contributed by atoms with Gasteiger partial charge in [-0.1, -0.05) is 17.3 Å². The van der Waals surface area contributed by atoms with Crippen molar-refractivity contribution in [3.63, 3.8) is 0 Å². The van der Waals surface area contributed by atoms with Crippen LogP contribution >= 0.6 is 0 Å². The standard InChI is InChI=1S/C23H20F3N5O4/c1-31-9-8-27-20(31)18(15-10-16(33-2)12-17(11-15)34-3)28-21(32)14-6-4-13(5-7-14)19-29-22(35-30-19)23(24,25)26/h4-12,18H,1-3H3,(H,28,32). The van der Waals surface area contributed by atoms with Crippen LogP contribution in [0.25, 0.3) is 11.4 Å². The lowest BCUT2D eigenvalue weighted by atomic mass is 10.0. The van der Waals surface area contributed by atoms with Crippen LogP contribution in [0, 0.1) is 0 Å². The van der Waals surface area contributed by atoms with Gasteiger partial charge in [-0.25, -0.2) is 4.98 Å². The first-order valence-corrected chi connectivity index (χ1v) is 10.2. The summed E-state index contributed by atoms with van der Waals surface area (Å²) in [6, 6.07) is 10.4. The lowest BCUT2D eigenvalue weighted by Crippen LogP contribution is -2.31. The maximum Gasteiger partial charge on any atom is 0.471 e. The second-order valence-corrected chi connectivity index (χ2v) is 7.45. The van der Waals surface area contributed by atoms with Crippen molar-refractivity contribution in [1.82, 2.24) is 25.0 Å². The van der Waals surface area contributed by atoms with Crippen LogP contribution in [-0.2, 0) is 13.2 Å². The number of hydrogen-bond donors (Lipinski definition) is 1. The highest BCUT2D eigenvalue weighted by atomic mass is 19.4. The van der Waals surface area contributed by atoms with Crippen LogP contribution in [-0.4, -0.2) is 39.8 Å². The van der Waals surface area contributed by atoms with E-state index in [0.717, 1.165) is 0 Å². The highest BCUT2D eigenvalue weighted by Gasteiger charge is 2.38. The summed E-state index contributed by atoms with van der Waals surface area (Å²) >= 11 is 0. The smallest absolute Gasteiger partial charge is 0.471 e. The average molecular weight is 487 g/mol. The number of ether oxygens (including phenoxy) is 2. The number of nitrogens with one attached hydrogen (secondary N) is 1. The van der Waals surface area contributed by atoms with Gasteiger partial charge < -0.3 is 23.9 Å². The summed E-state index contributed by atoms with van der Waals surface area (Å²) in [6.45, 7) is 0. The number of halogens is 3. The molecule has 0 fully saturated rings. The third kappa shape index (κ3) is 5.10. The molecule has 0 spiro atoms. The number of imidazole rings is 1. The van der Waals surface area contributed by atoms with Crippen LogP contribution in [0.15, 0.2) is 59.4 Å². The number of aryl methyl sites for hydroxylation is 1. The molecule has 4 aromatic rings. The van der Waals surface area contributed by atoms with Crippen LogP contribution in [0.1, 0.15) is 33.7 Å².